The largest absolute Gasteiger partial charge is 0.497 e. The quantitative estimate of drug-likeness (QED) is 0.452. The summed E-state index contributed by atoms with van der Waals surface area (Å²) < 4.78 is 7.01. The molecule has 0 fully saturated rings. The number of amides is 2. The van der Waals surface area contributed by atoms with Gasteiger partial charge in [-0.3, -0.25) is 9.59 Å². The number of nitrogens with one attached hydrogen (secondary N) is 1. The van der Waals surface area contributed by atoms with E-state index in [1.807, 2.05) is 59.2 Å². The molecule has 33 heavy (non-hydrogen) atoms. The Kier molecular flexibility index (Phi) is 6.69. The van der Waals surface area contributed by atoms with Crippen molar-refractivity contribution < 1.29 is 14.3 Å². The van der Waals surface area contributed by atoms with E-state index in [-0.39, 0.29) is 24.9 Å². The van der Waals surface area contributed by atoms with Gasteiger partial charge in [-0.05, 0) is 42.0 Å². The molecule has 4 rings (SSSR count). The zero-order valence-corrected chi connectivity index (χ0v) is 18.7. The minimum absolute atomic E-state index is 0.0373. The lowest BCUT2D eigenvalue weighted by atomic mass is 10.2. The molecular formula is C26H26N4O3. The van der Waals surface area contributed by atoms with Crippen LogP contribution in [0.3, 0.4) is 0 Å². The zero-order chi connectivity index (χ0) is 23.2. The summed E-state index contributed by atoms with van der Waals surface area (Å²) in [5.41, 5.74) is 3.23. The second-order valence-electron chi connectivity index (χ2n) is 7.75. The minimum Gasteiger partial charge on any atom is -0.497 e. The number of hydrogen-bond acceptors (Lipinski definition) is 4. The van der Waals surface area contributed by atoms with E-state index in [9.17, 15) is 9.59 Å². The fourth-order valence-electron chi connectivity index (χ4n) is 3.64. The van der Waals surface area contributed by atoms with Gasteiger partial charge in [0.2, 0.25) is 5.91 Å². The molecule has 0 saturated heterocycles. The number of benzene rings is 3. The summed E-state index contributed by atoms with van der Waals surface area (Å²) in [6.07, 6.45) is 0. The fourth-order valence-corrected chi connectivity index (χ4v) is 3.64. The van der Waals surface area contributed by atoms with Crippen molar-refractivity contribution in [3.8, 4) is 5.75 Å². The van der Waals surface area contributed by atoms with Gasteiger partial charge in [0.15, 0.2) is 0 Å². The number of aromatic nitrogens is 2. The van der Waals surface area contributed by atoms with Gasteiger partial charge >= 0.3 is 0 Å². The van der Waals surface area contributed by atoms with E-state index < -0.39 is 0 Å². The summed E-state index contributed by atoms with van der Waals surface area (Å²) in [4.78, 5) is 32.0. The maximum absolute atomic E-state index is 13.0. The SMILES string of the molecule is COc1ccc(C(=O)NCc2nc3ccccc3n2CC(=O)N(C)Cc2ccccc2)cc1. The molecule has 2 amide bonds. The van der Waals surface area contributed by atoms with Gasteiger partial charge in [-0.15, -0.1) is 0 Å². The molecule has 0 saturated carbocycles. The van der Waals surface area contributed by atoms with E-state index in [1.165, 1.54) is 0 Å². The minimum atomic E-state index is -0.219. The number of likely N-dealkylation sites (N-methyl/N-ethyl adjacent to an activating group) is 1. The summed E-state index contributed by atoms with van der Waals surface area (Å²) >= 11 is 0. The van der Waals surface area contributed by atoms with Crippen molar-refractivity contribution in [2.75, 3.05) is 14.2 Å². The first-order chi connectivity index (χ1) is 16.0. The second kappa shape index (κ2) is 9.99. The zero-order valence-electron chi connectivity index (χ0n) is 18.7. The number of ether oxygens (including phenoxy) is 1. The third-order valence-corrected chi connectivity index (χ3v) is 5.47. The van der Waals surface area contributed by atoms with Crippen molar-refractivity contribution in [2.45, 2.75) is 19.6 Å². The Balaban J connectivity index is 1.50. The molecule has 0 bridgehead atoms. The summed E-state index contributed by atoms with van der Waals surface area (Å²) in [5.74, 6) is 1.06. The van der Waals surface area contributed by atoms with Crippen LogP contribution in [-0.2, 0) is 24.4 Å². The maximum atomic E-state index is 13.0. The molecule has 0 unspecified atom stereocenters. The number of fused-ring (bicyclic) bond motifs is 1. The smallest absolute Gasteiger partial charge is 0.251 e. The van der Waals surface area contributed by atoms with Gasteiger partial charge in [0.05, 0.1) is 24.7 Å². The van der Waals surface area contributed by atoms with Crippen molar-refractivity contribution in [1.82, 2.24) is 19.8 Å². The topological polar surface area (TPSA) is 76.5 Å². The second-order valence-corrected chi connectivity index (χ2v) is 7.75. The van der Waals surface area contributed by atoms with E-state index in [0.29, 0.717) is 23.7 Å². The average Bonchev–Trinajstić information content (AvgIpc) is 3.20. The Morgan fingerprint density at radius 2 is 1.67 bits per heavy atom. The monoisotopic (exact) mass is 442 g/mol. The van der Waals surface area contributed by atoms with Gasteiger partial charge in [-0.1, -0.05) is 42.5 Å². The highest BCUT2D eigenvalue weighted by Gasteiger charge is 2.17. The van der Waals surface area contributed by atoms with Crippen molar-refractivity contribution in [1.29, 1.82) is 0 Å². The van der Waals surface area contributed by atoms with E-state index in [2.05, 4.69) is 10.3 Å². The van der Waals surface area contributed by atoms with Crippen molar-refractivity contribution >= 4 is 22.8 Å². The highest BCUT2D eigenvalue weighted by molar-refractivity contribution is 5.94. The summed E-state index contributed by atoms with van der Waals surface area (Å²) in [6.45, 7) is 0.864. The van der Waals surface area contributed by atoms with Crippen LogP contribution >= 0.6 is 0 Å². The van der Waals surface area contributed by atoms with Crippen molar-refractivity contribution in [2.24, 2.45) is 0 Å². The highest BCUT2D eigenvalue weighted by atomic mass is 16.5. The van der Waals surface area contributed by atoms with Crippen LogP contribution < -0.4 is 10.1 Å². The Hall–Kier alpha value is -4.13. The molecule has 0 aliphatic rings. The van der Waals surface area contributed by atoms with Crippen molar-refractivity contribution in [3.63, 3.8) is 0 Å². The predicted molar refractivity (Wildman–Crippen MR) is 127 cm³/mol. The number of hydrogen-bond donors (Lipinski definition) is 1. The van der Waals surface area contributed by atoms with Crippen LogP contribution in [0.1, 0.15) is 21.7 Å². The highest BCUT2D eigenvalue weighted by Crippen LogP contribution is 2.17. The third kappa shape index (κ3) is 5.20. The van der Waals surface area contributed by atoms with Gasteiger partial charge in [0.1, 0.15) is 18.1 Å². The fraction of sp³-hybridized carbons (Fsp3) is 0.192. The molecule has 0 atom stereocenters. The Morgan fingerprint density at radius 3 is 2.39 bits per heavy atom. The molecule has 0 radical (unpaired) electrons. The lowest BCUT2D eigenvalue weighted by Crippen LogP contribution is -2.31. The van der Waals surface area contributed by atoms with E-state index in [4.69, 9.17) is 4.74 Å². The van der Waals surface area contributed by atoms with Crippen LogP contribution in [0.15, 0.2) is 78.9 Å². The Bertz CT molecular complexity index is 1250. The number of nitrogens with zero attached hydrogens (tertiary/aromatic N) is 3. The molecule has 1 aromatic heterocycles. The lowest BCUT2D eigenvalue weighted by molar-refractivity contribution is -0.131. The summed E-state index contributed by atoms with van der Waals surface area (Å²) in [7, 11) is 3.37. The van der Waals surface area contributed by atoms with E-state index >= 15 is 0 Å². The molecule has 168 valence electrons. The van der Waals surface area contributed by atoms with Crippen LogP contribution in [0, 0.1) is 0 Å². The third-order valence-electron chi connectivity index (χ3n) is 5.47. The van der Waals surface area contributed by atoms with Crippen LogP contribution in [0.25, 0.3) is 11.0 Å². The molecule has 0 aliphatic carbocycles. The number of carbonyl (C=O) groups is 2. The van der Waals surface area contributed by atoms with Gasteiger partial charge in [0, 0.05) is 19.2 Å². The van der Waals surface area contributed by atoms with E-state index in [0.717, 1.165) is 16.6 Å². The summed E-state index contributed by atoms with van der Waals surface area (Å²) in [5, 5.41) is 2.91. The number of para-hydroxylation sites is 2. The molecule has 0 spiro atoms. The van der Waals surface area contributed by atoms with Crippen LogP contribution in [0.4, 0.5) is 0 Å². The molecule has 1 N–H and O–H groups in total. The van der Waals surface area contributed by atoms with Crippen LogP contribution in [0.2, 0.25) is 0 Å². The first-order valence-electron chi connectivity index (χ1n) is 10.7. The van der Waals surface area contributed by atoms with E-state index in [1.54, 1.807) is 43.3 Å². The average molecular weight is 443 g/mol. The number of imidazole rings is 1. The molecule has 1 heterocycles. The maximum Gasteiger partial charge on any atom is 0.251 e. The van der Waals surface area contributed by atoms with Gasteiger partial charge in [-0.25, -0.2) is 4.98 Å². The molecule has 7 nitrogen and oxygen atoms in total. The lowest BCUT2D eigenvalue weighted by Gasteiger charge is -2.19. The summed E-state index contributed by atoms with van der Waals surface area (Å²) in [6, 6.07) is 24.4. The number of rotatable bonds is 8. The van der Waals surface area contributed by atoms with Crippen molar-refractivity contribution in [3.05, 3.63) is 95.8 Å². The molecule has 4 aromatic rings. The predicted octanol–water partition coefficient (Wildman–Crippen LogP) is 3.63. The van der Waals surface area contributed by atoms with Crippen LogP contribution in [0.5, 0.6) is 5.75 Å². The first-order valence-corrected chi connectivity index (χ1v) is 10.7. The Morgan fingerprint density at radius 1 is 0.970 bits per heavy atom. The van der Waals surface area contributed by atoms with Gasteiger partial charge in [0.25, 0.3) is 5.91 Å². The molecular weight excluding hydrogens is 416 g/mol. The molecule has 3 aromatic carbocycles. The number of methoxy groups -OCH3 is 1. The first kappa shape index (κ1) is 22.1. The van der Waals surface area contributed by atoms with Crippen LogP contribution in [-0.4, -0.2) is 40.4 Å². The van der Waals surface area contributed by atoms with Gasteiger partial charge < -0.3 is 19.5 Å². The molecule has 7 heteroatoms. The normalized spacial score (nSPS) is 10.7. The standard InChI is InChI=1S/C26H26N4O3/c1-29(17-19-8-4-3-5-9-19)25(31)18-30-23-11-7-6-10-22(23)28-24(30)16-27-26(32)20-12-14-21(33-2)15-13-20/h3-15H,16-18H2,1-2H3,(H,27,32). The Labute approximate surface area is 192 Å². The molecule has 0 aliphatic heterocycles. The van der Waals surface area contributed by atoms with Gasteiger partial charge in [-0.2, -0.15) is 0 Å². The number of carbonyl (C=O) groups excluding carboxylic acids is 2.